The summed E-state index contributed by atoms with van der Waals surface area (Å²) in [5.41, 5.74) is 0.460. The summed E-state index contributed by atoms with van der Waals surface area (Å²) in [5.74, 6) is 1.20. The van der Waals surface area contributed by atoms with Gasteiger partial charge >= 0.3 is 11.1 Å². The van der Waals surface area contributed by atoms with E-state index < -0.39 is 11.1 Å². The zero-order valence-corrected chi connectivity index (χ0v) is 18.5. The van der Waals surface area contributed by atoms with Crippen LogP contribution in [0.15, 0.2) is 64.4 Å². The molecule has 34 heavy (non-hydrogen) atoms. The number of para-hydroxylation sites is 1. The average Bonchev–Trinajstić information content (AvgIpc) is 2.86. The Balaban J connectivity index is 1.29. The molecule has 0 radical (unpaired) electrons. The van der Waals surface area contributed by atoms with Gasteiger partial charge in [-0.3, -0.25) is 14.5 Å². The number of rotatable bonds is 5. The summed E-state index contributed by atoms with van der Waals surface area (Å²) in [6.07, 6.45) is 1.44. The van der Waals surface area contributed by atoms with Crippen molar-refractivity contribution in [3.8, 4) is 11.6 Å². The van der Waals surface area contributed by atoms with E-state index >= 15 is 0 Å². The minimum atomic E-state index is -0.750. The summed E-state index contributed by atoms with van der Waals surface area (Å²) in [5, 5.41) is 0. The third-order valence-corrected chi connectivity index (χ3v) is 6.10. The minimum absolute atomic E-state index is 0.187. The highest BCUT2D eigenvalue weighted by molar-refractivity contribution is 5.80. The number of halogens is 1. The van der Waals surface area contributed by atoms with Gasteiger partial charge in [-0.05, 0) is 36.8 Å². The summed E-state index contributed by atoms with van der Waals surface area (Å²) < 4.78 is 19.2. The van der Waals surface area contributed by atoms with E-state index in [2.05, 4.69) is 36.7 Å². The largest absolute Gasteiger partial charge is 0.437 e. The number of nitrogens with one attached hydrogen (secondary N) is 2. The van der Waals surface area contributed by atoms with Crippen molar-refractivity contribution in [2.45, 2.75) is 13.0 Å². The fourth-order valence-corrected chi connectivity index (χ4v) is 4.16. The van der Waals surface area contributed by atoms with Gasteiger partial charge in [-0.1, -0.05) is 18.2 Å². The van der Waals surface area contributed by atoms with Crippen LogP contribution in [-0.4, -0.2) is 51.0 Å². The molecule has 4 aromatic rings. The first-order valence-electron chi connectivity index (χ1n) is 11.0. The fourth-order valence-electron chi connectivity index (χ4n) is 4.16. The zero-order valence-electron chi connectivity index (χ0n) is 18.5. The van der Waals surface area contributed by atoms with E-state index in [0.29, 0.717) is 22.7 Å². The zero-order chi connectivity index (χ0) is 23.7. The maximum atomic E-state index is 13.2. The van der Waals surface area contributed by atoms with E-state index in [9.17, 15) is 14.0 Å². The molecule has 2 aromatic heterocycles. The van der Waals surface area contributed by atoms with Crippen LogP contribution in [0.1, 0.15) is 18.5 Å². The van der Waals surface area contributed by atoms with E-state index in [1.54, 1.807) is 24.3 Å². The van der Waals surface area contributed by atoms with Gasteiger partial charge in [0.2, 0.25) is 5.88 Å². The second kappa shape index (κ2) is 9.06. The number of ether oxygens (including phenoxy) is 1. The normalized spacial score (nSPS) is 15.4. The van der Waals surface area contributed by atoms with Crippen molar-refractivity contribution in [1.82, 2.24) is 24.8 Å². The Morgan fingerprint density at radius 3 is 2.47 bits per heavy atom. The van der Waals surface area contributed by atoms with Gasteiger partial charge in [0.05, 0.1) is 5.52 Å². The Bertz CT molecular complexity index is 1430. The number of aromatic amines is 2. The predicted molar refractivity (Wildman–Crippen MR) is 126 cm³/mol. The Morgan fingerprint density at radius 1 is 0.971 bits per heavy atom. The lowest BCUT2D eigenvalue weighted by molar-refractivity contribution is 0.198. The van der Waals surface area contributed by atoms with Crippen molar-refractivity contribution in [1.29, 1.82) is 0 Å². The van der Waals surface area contributed by atoms with Gasteiger partial charge in [-0.2, -0.15) is 0 Å². The van der Waals surface area contributed by atoms with E-state index in [-0.39, 0.29) is 11.9 Å². The van der Waals surface area contributed by atoms with E-state index in [1.165, 1.54) is 18.5 Å². The monoisotopic (exact) mass is 462 g/mol. The van der Waals surface area contributed by atoms with Crippen LogP contribution >= 0.6 is 0 Å². The Kier molecular flexibility index (Phi) is 5.81. The van der Waals surface area contributed by atoms with E-state index in [0.717, 1.165) is 37.6 Å². The molecule has 0 saturated carbocycles. The fraction of sp³-hybridized carbons (Fsp3) is 0.250. The molecule has 0 aliphatic carbocycles. The van der Waals surface area contributed by atoms with Crippen LogP contribution in [0.25, 0.3) is 11.0 Å². The number of nitrogens with zero attached hydrogens (tertiary/aromatic N) is 4. The standard InChI is InChI=1S/C24H23FN6O3/c1-15(16-5-7-17(25)8-6-16)30-9-11-31(12-10-30)20-13-21(27-14-26-20)34-19-4-2-3-18-22(19)29-24(33)23(32)28-18/h2-8,13-15H,9-12H2,1H3,(H,28,32)(H,29,33). The molecule has 10 heteroatoms. The van der Waals surface area contributed by atoms with Crippen molar-refractivity contribution in [3.05, 3.63) is 86.9 Å². The first-order valence-corrected chi connectivity index (χ1v) is 11.0. The van der Waals surface area contributed by atoms with Gasteiger partial charge in [0.25, 0.3) is 0 Å². The number of hydrogen-bond acceptors (Lipinski definition) is 7. The molecule has 1 unspecified atom stereocenters. The lowest BCUT2D eigenvalue weighted by atomic mass is 10.1. The van der Waals surface area contributed by atoms with Gasteiger partial charge in [0, 0.05) is 38.3 Å². The summed E-state index contributed by atoms with van der Waals surface area (Å²) >= 11 is 0. The van der Waals surface area contributed by atoms with Crippen molar-refractivity contribution in [3.63, 3.8) is 0 Å². The summed E-state index contributed by atoms with van der Waals surface area (Å²) in [7, 11) is 0. The highest BCUT2D eigenvalue weighted by Crippen LogP contribution is 2.28. The van der Waals surface area contributed by atoms with Crippen LogP contribution in [0, 0.1) is 5.82 Å². The van der Waals surface area contributed by atoms with Gasteiger partial charge in [0.1, 0.15) is 23.5 Å². The maximum Gasteiger partial charge on any atom is 0.314 e. The van der Waals surface area contributed by atoms with Crippen LogP contribution in [-0.2, 0) is 0 Å². The van der Waals surface area contributed by atoms with Crippen molar-refractivity contribution in [2.24, 2.45) is 0 Å². The molecule has 174 valence electrons. The molecule has 1 aliphatic heterocycles. The van der Waals surface area contributed by atoms with Crippen LogP contribution in [0.5, 0.6) is 11.6 Å². The quantitative estimate of drug-likeness (QED) is 0.439. The second-order valence-corrected chi connectivity index (χ2v) is 8.15. The third kappa shape index (κ3) is 4.40. The van der Waals surface area contributed by atoms with Gasteiger partial charge in [-0.25, -0.2) is 14.4 Å². The van der Waals surface area contributed by atoms with E-state index in [1.807, 2.05) is 12.1 Å². The number of fused-ring (bicyclic) bond motifs is 1. The predicted octanol–water partition coefficient (Wildman–Crippen LogP) is 2.82. The van der Waals surface area contributed by atoms with Gasteiger partial charge in [0.15, 0.2) is 5.75 Å². The first-order chi connectivity index (χ1) is 16.5. The molecular formula is C24H23FN6O3. The number of H-pyrrole nitrogens is 2. The number of anilines is 1. The van der Waals surface area contributed by atoms with Gasteiger partial charge < -0.3 is 19.6 Å². The molecule has 2 aromatic carbocycles. The number of benzene rings is 2. The molecule has 0 bridgehead atoms. The van der Waals surface area contributed by atoms with Crippen molar-refractivity contribution >= 4 is 16.9 Å². The summed E-state index contributed by atoms with van der Waals surface area (Å²) in [4.78, 5) is 41.6. The molecule has 1 fully saturated rings. The van der Waals surface area contributed by atoms with Crippen molar-refractivity contribution in [2.75, 3.05) is 31.1 Å². The molecule has 1 atom stereocenters. The number of piperazine rings is 1. The highest BCUT2D eigenvalue weighted by Gasteiger charge is 2.23. The van der Waals surface area contributed by atoms with Crippen molar-refractivity contribution < 1.29 is 9.13 Å². The minimum Gasteiger partial charge on any atom is -0.437 e. The van der Waals surface area contributed by atoms with Crippen LogP contribution in [0.4, 0.5) is 10.2 Å². The second-order valence-electron chi connectivity index (χ2n) is 8.15. The molecule has 0 spiro atoms. The van der Waals surface area contributed by atoms with E-state index in [4.69, 9.17) is 4.74 Å². The van der Waals surface area contributed by atoms with Crippen LogP contribution in [0.2, 0.25) is 0 Å². The lowest BCUT2D eigenvalue weighted by Crippen LogP contribution is -2.47. The maximum absolute atomic E-state index is 13.2. The molecular weight excluding hydrogens is 439 g/mol. The lowest BCUT2D eigenvalue weighted by Gasteiger charge is -2.38. The number of hydrogen-bond donors (Lipinski definition) is 2. The Morgan fingerprint density at radius 2 is 1.71 bits per heavy atom. The molecule has 9 nitrogen and oxygen atoms in total. The van der Waals surface area contributed by atoms with Crippen LogP contribution in [0.3, 0.4) is 0 Å². The smallest absolute Gasteiger partial charge is 0.314 e. The first kappa shape index (κ1) is 21.8. The molecule has 5 rings (SSSR count). The van der Waals surface area contributed by atoms with Crippen LogP contribution < -0.4 is 20.8 Å². The highest BCUT2D eigenvalue weighted by atomic mass is 19.1. The molecule has 3 heterocycles. The number of aromatic nitrogens is 4. The molecule has 0 amide bonds. The topological polar surface area (TPSA) is 107 Å². The Labute approximate surface area is 193 Å². The summed E-state index contributed by atoms with van der Waals surface area (Å²) in [6.45, 7) is 5.32. The van der Waals surface area contributed by atoms with Gasteiger partial charge in [-0.15, -0.1) is 0 Å². The SMILES string of the molecule is CC(c1ccc(F)cc1)N1CCN(c2cc(Oc3cccc4[nH]c(=O)c(=O)[nH]c34)ncn2)CC1. The third-order valence-electron chi connectivity index (χ3n) is 6.10. The molecule has 1 saturated heterocycles. The Hall–Kier alpha value is -4.05. The summed E-state index contributed by atoms with van der Waals surface area (Å²) in [6, 6.07) is 13.7. The molecule has 1 aliphatic rings. The molecule has 2 N–H and O–H groups in total. The average molecular weight is 462 g/mol.